The molecule has 0 aliphatic heterocycles. The highest BCUT2D eigenvalue weighted by molar-refractivity contribution is 5.83. The molecule has 1 heterocycles. The normalized spacial score (nSPS) is 10.6. The van der Waals surface area contributed by atoms with E-state index >= 15 is 0 Å². The monoisotopic (exact) mass is 285 g/mol. The molecule has 0 spiro atoms. The summed E-state index contributed by atoms with van der Waals surface area (Å²) in [6, 6.07) is 10.1. The molecule has 106 valence electrons. The van der Waals surface area contributed by atoms with Crippen LogP contribution in [0.3, 0.4) is 0 Å². The number of aromatic amines is 1. The number of nitrogens with one attached hydrogen (secondary N) is 1. The van der Waals surface area contributed by atoms with Gasteiger partial charge in [0.2, 0.25) is 0 Å². The fourth-order valence-corrected chi connectivity index (χ4v) is 2.07. The number of nitrogens with zero attached hydrogens (tertiary/aromatic N) is 3. The molecule has 0 radical (unpaired) electrons. The van der Waals surface area contributed by atoms with Crippen LogP contribution in [0.2, 0.25) is 0 Å². The van der Waals surface area contributed by atoms with Crippen LogP contribution in [0.15, 0.2) is 36.4 Å². The summed E-state index contributed by atoms with van der Waals surface area (Å²) in [7, 11) is 1.59. The van der Waals surface area contributed by atoms with Crippen molar-refractivity contribution in [2.45, 2.75) is 0 Å². The van der Waals surface area contributed by atoms with Gasteiger partial charge in [-0.3, -0.25) is 0 Å². The van der Waals surface area contributed by atoms with Crippen molar-refractivity contribution < 1.29 is 9.13 Å². The Labute approximate surface area is 119 Å². The maximum atomic E-state index is 13.8. The summed E-state index contributed by atoms with van der Waals surface area (Å²) < 4.78 is 18.9. The van der Waals surface area contributed by atoms with E-state index in [2.05, 4.69) is 20.6 Å². The van der Waals surface area contributed by atoms with Gasteiger partial charge in [-0.05, 0) is 45.8 Å². The molecule has 0 amide bonds. The standard InChI is InChI=1S/C14H12FN5O/c1-21-9-4-2-8(3-5-9)10-6-12(15)13(16)7-11(10)14-17-19-20-18-14/h2-7H,16H2,1H3,(H,17,18,19,20). The van der Waals surface area contributed by atoms with E-state index in [4.69, 9.17) is 10.5 Å². The minimum absolute atomic E-state index is 0.0404. The fraction of sp³-hybridized carbons (Fsp3) is 0.0714. The number of ether oxygens (including phenoxy) is 1. The van der Waals surface area contributed by atoms with E-state index < -0.39 is 5.82 Å². The Kier molecular flexibility index (Phi) is 3.23. The Hall–Kier alpha value is -2.96. The van der Waals surface area contributed by atoms with Crippen molar-refractivity contribution in [2.24, 2.45) is 0 Å². The second-order valence-electron chi connectivity index (χ2n) is 4.40. The molecule has 3 aromatic rings. The lowest BCUT2D eigenvalue weighted by Gasteiger charge is -2.10. The first-order chi connectivity index (χ1) is 10.2. The van der Waals surface area contributed by atoms with Gasteiger partial charge in [0.15, 0.2) is 5.82 Å². The Morgan fingerprint density at radius 3 is 2.52 bits per heavy atom. The number of hydrogen-bond acceptors (Lipinski definition) is 5. The molecule has 0 saturated heterocycles. The van der Waals surface area contributed by atoms with Gasteiger partial charge in [0, 0.05) is 5.56 Å². The molecule has 0 saturated carbocycles. The van der Waals surface area contributed by atoms with E-state index in [0.29, 0.717) is 17.0 Å². The highest BCUT2D eigenvalue weighted by Crippen LogP contribution is 2.33. The number of tetrazole rings is 1. The summed E-state index contributed by atoms with van der Waals surface area (Å²) >= 11 is 0. The van der Waals surface area contributed by atoms with Crippen molar-refractivity contribution in [3.05, 3.63) is 42.2 Å². The molecule has 0 unspecified atom stereocenters. The molecular formula is C14H12FN5O. The molecule has 3 rings (SSSR count). The van der Waals surface area contributed by atoms with Crippen LogP contribution in [0.25, 0.3) is 22.5 Å². The van der Waals surface area contributed by atoms with Crippen LogP contribution in [-0.2, 0) is 0 Å². The Balaban J connectivity index is 2.18. The third-order valence-electron chi connectivity index (χ3n) is 3.14. The predicted molar refractivity (Wildman–Crippen MR) is 76.0 cm³/mol. The Morgan fingerprint density at radius 1 is 1.14 bits per heavy atom. The van der Waals surface area contributed by atoms with E-state index in [-0.39, 0.29) is 5.69 Å². The van der Waals surface area contributed by atoms with Crippen LogP contribution in [-0.4, -0.2) is 27.7 Å². The number of H-pyrrole nitrogens is 1. The van der Waals surface area contributed by atoms with Crippen LogP contribution >= 0.6 is 0 Å². The van der Waals surface area contributed by atoms with Crippen LogP contribution in [0.1, 0.15) is 0 Å². The van der Waals surface area contributed by atoms with Gasteiger partial charge < -0.3 is 10.5 Å². The average molecular weight is 285 g/mol. The number of nitrogen functional groups attached to an aromatic ring is 1. The zero-order valence-electron chi connectivity index (χ0n) is 11.2. The van der Waals surface area contributed by atoms with Gasteiger partial charge >= 0.3 is 0 Å². The fourth-order valence-electron chi connectivity index (χ4n) is 2.07. The molecule has 0 aliphatic carbocycles. The molecule has 6 nitrogen and oxygen atoms in total. The zero-order valence-corrected chi connectivity index (χ0v) is 11.2. The van der Waals surface area contributed by atoms with Crippen molar-refractivity contribution in [2.75, 3.05) is 12.8 Å². The number of halogens is 1. The molecular weight excluding hydrogens is 273 g/mol. The number of nitrogens with two attached hydrogens (primary N) is 1. The molecule has 0 fully saturated rings. The smallest absolute Gasteiger partial charge is 0.180 e. The van der Waals surface area contributed by atoms with Gasteiger partial charge in [0.1, 0.15) is 11.6 Å². The number of hydrogen-bond donors (Lipinski definition) is 2. The average Bonchev–Trinajstić information content (AvgIpc) is 3.04. The first-order valence-corrected chi connectivity index (χ1v) is 6.16. The third-order valence-corrected chi connectivity index (χ3v) is 3.14. The number of methoxy groups -OCH3 is 1. The van der Waals surface area contributed by atoms with Gasteiger partial charge in [-0.15, -0.1) is 5.10 Å². The highest BCUT2D eigenvalue weighted by atomic mass is 19.1. The molecule has 0 bridgehead atoms. The van der Waals surface area contributed by atoms with E-state index in [1.165, 1.54) is 12.1 Å². The number of rotatable bonds is 3. The predicted octanol–water partition coefficient (Wildman–Crippen LogP) is 2.26. The van der Waals surface area contributed by atoms with Gasteiger partial charge in [-0.1, -0.05) is 12.1 Å². The minimum Gasteiger partial charge on any atom is -0.497 e. The third kappa shape index (κ3) is 2.40. The summed E-state index contributed by atoms with van der Waals surface area (Å²) in [5, 5.41) is 13.6. The summed E-state index contributed by atoms with van der Waals surface area (Å²) in [6.07, 6.45) is 0. The molecule has 3 N–H and O–H groups in total. The molecule has 0 aliphatic rings. The van der Waals surface area contributed by atoms with Crippen molar-refractivity contribution >= 4 is 5.69 Å². The lowest BCUT2D eigenvalue weighted by atomic mass is 9.98. The summed E-state index contributed by atoms with van der Waals surface area (Å²) in [5.41, 5.74) is 7.76. The summed E-state index contributed by atoms with van der Waals surface area (Å²) in [6.45, 7) is 0. The number of benzene rings is 2. The molecule has 2 aromatic carbocycles. The quantitative estimate of drug-likeness (QED) is 0.720. The first-order valence-electron chi connectivity index (χ1n) is 6.16. The van der Waals surface area contributed by atoms with Gasteiger partial charge in [-0.25, -0.2) is 9.49 Å². The summed E-state index contributed by atoms with van der Waals surface area (Å²) in [4.78, 5) is 0. The van der Waals surface area contributed by atoms with Gasteiger partial charge in [-0.2, -0.15) is 0 Å². The van der Waals surface area contributed by atoms with E-state index in [9.17, 15) is 4.39 Å². The molecule has 0 atom stereocenters. The Morgan fingerprint density at radius 2 is 1.90 bits per heavy atom. The van der Waals surface area contributed by atoms with Crippen LogP contribution in [0.5, 0.6) is 5.75 Å². The summed E-state index contributed by atoms with van der Waals surface area (Å²) in [5.74, 6) is 0.655. The maximum absolute atomic E-state index is 13.8. The van der Waals surface area contributed by atoms with Gasteiger partial charge in [0.05, 0.1) is 12.8 Å². The van der Waals surface area contributed by atoms with Crippen LogP contribution in [0.4, 0.5) is 10.1 Å². The zero-order chi connectivity index (χ0) is 14.8. The van der Waals surface area contributed by atoms with Crippen LogP contribution < -0.4 is 10.5 Å². The first kappa shape index (κ1) is 13.0. The van der Waals surface area contributed by atoms with Crippen molar-refractivity contribution in [1.29, 1.82) is 0 Å². The van der Waals surface area contributed by atoms with E-state index in [1.54, 1.807) is 19.2 Å². The molecule has 7 heteroatoms. The largest absolute Gasteiger partial charge is 0.497 e. The lowest BCUT2D eigenvalue weighted by molar-refractivity contribution is 0.415. The Bertz CT molecular complexity index is 756. The topological polar surface area (TPSA) is 89.7 Å². The van der Waals surface area contributed by atoms with Crippen LogP contribution in [0, 0.1) is 5.82 Å². The SMILES string of the molecule is COc1ccc(-c2cc(F)c(N)cc2-c2nnn[nH]2)cc1. The second kappa shape index (κ2) is 5.20. The van der Waals surface area contributed by atoms with Gasteiger partial charge in [0.25, 0.3) is 0 Å². The van der Waals surface area contributed by atoms with Crippen molar-refractivity contribution in [3.63, 3.8) is 0 Å². The van der Waals surface area contributed by atoms with E-state index in [1.807, 2.05) is 12.1 Å². The molecule has 1 aromatic heterocycles. The van der Waals surface area contributed by atoms with E-state index in [0.717, 1.165) is 11.3 Å². The van der Waals surface area contributed by atoms with Crippen molar-refractivity contribution in [3.8, 4) is 28.3 Å². The highest BCUT2D eigenvalue weighted by Gasteiger charge is 2.14. The maximum Gasteiger partial charge on any atom is 0.180 e. The second-order valence-corrected chi connectivity index (χ2v) is 4.40. The number of aromatic nitrogens is 4. The lowest BCUT2D eigenvalue weighted by Crippen LogP contribution is -1.95. The minimum atomic E-state index is -0.489. The van der Waals surface area contributed by atoms with Crippen molar-refractivity contribution in [1.82, 2.24) is 20.6 Å². The number of anilines is 1. The molecule has 21 heavy (non-hydrogen) atoms.